The Labute approximate surface area is 127 Å². The van der Waals surface area contributed by atoms with Crippen LogP contribution >= 0.6 is 11.3 Å². The molecular weight excluding hydrogens is 282 g/mol. The molecule has 3 aromatic rings. The first-order valence-electron chi connectivity index (χ1n) is 7.02. The summed E-state index contributed by atoms with van der Waals surface area (Å²) in [5, 5.41) is 5.32. The highest BCUT2D eigenvalue weighted by molar-refractivity contribution is 7.15. The van der Waals surface area contributed by atoms with E-state index in [2.05, 4.69) is 22.2 Å². The van der Waals surface area contributed by atoms with Gasteiger partial charge >= 0.3 is 0 Å². The number of nitrogens with zero attached hydrogens (tertiary/aromatic N) is 2. The van der Waals surface area contributed by atoms with Crippen LogP contribution < -0.4 is 10.1 Å². The lowest BCUT2D eigenvalue weighted by Gasteiger charge is -2.07. The fourth-order valence-corrected chi connectivity index (χ4v) is 2.78. The number of hydrogen-bond acceptors (Lipinski definition) is 5. The molecule has 0 spiro atoms. The van der Waals surface area contributed by atoms with Crippen LogP contribution in [0.1, 0.15) is 18.2 Å². The smallest absolute Gasteiger partial charge is 0.182 e. The second-order valence-electron chi connectivity index (χ2n) is 4.68. The number of fused-ring (bicyclic) bond motifs is 1. The molecule has 0 bridgehead atoms. The SMILES string of the molecule is CCCNc1ncc(COc2cccc3cccnc23)s1. The van der Waals surface area contributed by atoms with Crippen LogP contribution in [0.2, 0.25) is 0 Å². The van der Waals surface area contributed by atoms with Crippen molar-refractivity contribution in [2.24, 2.45) is 0 Å². The van der Waals surface area contributed by atoms with Gasteiger partial charge < -0.3 is 10.1 Å². The van der Waals surface area contributed by atoms with Crippen molar-refractivity contribution in [3.63, 3.8) is 0 Å². The average Bonchev–Trinajstić information content (AvgIpc) is 2.99. The van der Waals surface area contributed by atoms with Crippen LogP contribution in [0.5, 0.6) is 5.75 Å². The normalized spacial score (nSPS) is 10.7. The zero-order valence-corrected chi connectivity index (χ0v) is 12.7. The maximum Gasteiger partial charge on any atom is 0.182 e. The van der Waals surface area contributed by atoms with Crippen molar-refractivity contribution in [2.75, 3.05) is 11.9 Å². The molecule has 2 heterocycles. The Morgan fingerprint density at radius 2 is 2.10 bits per heavy atom. The number of thiazole rings is 1. The summed E-state index contributed by atoms with van der Waals surface area (Å²) in [6, 6.07) is 9.94. The van der Waals surface area contributed by atoms with Gasteiger partial charge in [-0.15, -0.1) is 0 Å². The Hall–Kier alpha value is -2.14. The molecule has 0 unspecified atom stereocenters. The molecule has 1 aromatic carbocycles. The fraction of sp³-hybridized carbons (Fsp3) is 0.250. The van der Waals surface area contributed by atoms with Crippen molar-refractivity contribution in [3.05, 3.63) is 47.6 Å². The summed E-state index contributed by atoms with van der Waals surface area (Å²) in [5.41, 5.74) is 0.897. The predicted molar refractivity (Wildman–Crippen MR) is 87.0 cm³/mol. The van der Waals surface area contributed by atoms with E-state index in [9.17, 15) is 0 Å². The molecule has 1 N–H and O–H groups in total. The molecule has 0 amide bonds. The minimum atomic E-state index is 0.515. The van der Waals surface area contributed by atoms with E-state index in [4.69, 9.17) is 4.74 Å². The number of anilines is 1. The van der Waals surface area contributed by atoms with Crippen molar-refractivity contribution in [2.45, 2.75) is 20.0 Å². The van der Waals surface area contributed by atoms with Gasteiger partial charge in [-0.05, 0) is 18.6 Å². The van der Waals surface area contributed by atoms with Crippen LogP contribution in [-0.2, 0) is 6.61 Å². The number of hydrogen-bond donors (Lipinski definition) is 1. The van der Waals surface area contributed by atoms with Gasteiger partial charge in [0.25, 0.3) is 0 Å². The number of pyridine rings is 1. The summed E-state index contributed by atoms with van der Waals surface area (Å²) in [6.45, 7) is 3.60. The summed E-state index contributed by atoms with van der Waals surface area (Å²) in [4.78, 5) is 9.83. The Morgan fingerprint density at radius 3 is 3.00 bits per heavy atom. The van der Waals surface area contributed by atoms with Crippen molar-refractivity contribution >= 4 is 27.4 Å². The molecule has 0 radical (unpaired) electrons. The van der Waals surface area contributed by atoms with E-state index in [1.165, 1.54) is 0 Å². The first-order valence-corrected chi connectivity index (χ1v) is 7.83. The largest absolute Gasteiger partial charge is 0.486 e. The van der Waals surface area contributed by atoms with Crippen LogP contribution in [0.25, 0.3) is 10.9 Å². The van der Waals surface area contributed by atoms with Crippen LogP contribution in [0.3, 0.4) is 0 Å². The Balaban J connectivity index is 1.70. The Kier molecular flexibility index (Phi) is 4.31. The van der Waals surface area contributed by atoms with Gasteiger partial charge in [-0.25, -0.2) is 4.98 Å². The average molecular weight is 299 g/mol. The van der Waals surface area contributed by atoms with E-state index in [-0.39, 0.29) is 0 Å². The minimum Gasteiger partial charge on any atom is -0.486 e. The van der Waals surface area contributed by atoms with E-state index < -0.39 is 0 Å². The molecular formula is C16H17N3OS. The first-order chi connectivity index (χ1) is 10.4. The summed E-state index contributed by atoms with van der Waals surface area (Å²) in [6.07, 6.45) is 4.74. The van der Waals surface area contributed by atoms with Crippen molar-refractivity contribution in [1.82, 2.24) is 9.97 Å². The first kappa shape index (κ1) is 13.8. The molecule has 0 saturated heterocycles. The molecule has 5 heteroatoms. The molecule has 3 rings (SSSR count). The summed E-state index contributed by atoms with van der Waals surface area (Å²) in [7, 11) is 0. The van der Waals surface area contributed by atoms with Crippen LogP contribution in [0.15, 0.2) is 42.7 Å². The molecule has 0 aliphatic carbocycles. The molecule has 0 fully saturated rings. The number of aromatic nitrogens is 2. The number of benzene rings is 1. The molecule has 0 saturated carbocycles. The lowest BCUT2D eigenvalue weighted by molar-refractivity contribution is 0.313. The van der Waals surface area contributed by atoms with Gasteiger partial charge in [-0.2, -0.15) is 0 Å². The third-order valence-corrected chi connectivity index (χ3v) is 3.97. The summed E-state index contributed by atoms with van der Waals surface area (Å²) >= 11 is 1.63. The molecule has 21 heavy (non-hydrogen) atoms. The molecule has 2 aromatic heterocycles. The molecule has 108 valence electrons. The molecule has 4 nitrogen and oxygen atoms in total. The van der Waals surface area contributed by atoms with Gasteiger partial charge in [0.15, 0.2) is 5.13 Å². The molecule has 0 atom stereocenters. The third-order valence-electron chi connectivity index (χ3n) is 3.05. The van der Waals surface area contributed by atoms with Crippen molar-refractivity contribution in [1.29, 1.82) is 0 Å². The number of rotatable bonds is 6. The zero-order chi connectivity index (χ0) is 14.5. The van der Waals surface area contributed by atoms with Gasteiger partial charge in [0.2, 0.25) is 0 Å². The third kappa shape index (κ3) is 3.31. The van der Waals surface area contributed by atoms with E-state index in [1.807, 2.05) is 36.5 Å². The van der Waals surface area contributed by atoms with Crippen LogP contribution in [0.4, 0.5) is 5.13 Å². The Morgan fingerprint density at radius 1 is 1.19 bits per heavy atom. The number of ether oxygens (including phenoxy) is 1. The summed E-state index contributed by atoms with van der Waals surface area (Å²) in [5.74, 6) is 0.810. The standard InChI is InChI=1S/C16H17N3OS/c1-2-8-18-16-19-10-13(21-16)11-20-14-7-3-5-12-6-4-9-17-15(12)14/h3-7,9-10H,2,8,11H2,1H3,(H,18,19). The highest BCUT2D eigenvalue weighted by atomic mass is 32.1. The van der Waals surface area contributed by atoms with E-state index >= 15 is 0 Å². The van der Waals surface area contributed by atoms with E-state index in [0.717, 1.165) is 39.6 Å². The zero-order valence-electron chi connectivity index (χ0n) is 11.9. The van der Waals surface area contributed by atoms with Crippen molar-refractivity contribution in [3.8, 4) is 5.75 Å². The predicted octanol–water partition coefficient (Wildman–Crippen LogP) is 4.09. The minimum absolute atomic E-state index is 0.515. The lowest BCUT2D eigenvalue weighted by Crippen LogP contribution is -1.98. The van der Waals surface area contributed by atoms with Gasteiger partial charge in [0, 0.05) is 24.3 Å². The highest BCUT2D eigenvalue weighted by Crippen LogP contribution is 2.25. The second kappa shape index (κ2) is 6.54. The maximum atomic E-state index is 5.90. The Bertz CT molecular complexity index is 721. The van der Waals surface area contributed by atoms with Crippen LogP contribution in [0, 0.1) is 0 Å². The summed E-state index contributed by atoms with van der Waals surface area (Å²) < 4.78 is 5.90. The maximum absolute atomic E-state index is 5.90. The van der Waals surface area contributed by atoms with E-state index in [0.29, 0.717) is 6.61 Å². The molecule has 0 aliphatic heterocycles. The van der Waals surface area contributed by atoms with Gasteiger partial charge in [-0.1, -0.05) is 36.5 Å². The molecule has 0 aliphatic rings. The topological polar surface area (TPSA) is 47.0 Å². The van der Waals surface area contributed by atoms with Gasteiger partial charge in [0.1, 0.15) is 17.9 Å². The quantitative estimate of drug-likeness (QED) is 0.744. The van der Waals surface area contributed by atoms with Crippen LogP contribution in [-0.4, -0.2) is 16.5 Å². The van der Waals surface area contributed by atoms with E-state index in [1.54, 1.807) is 17.5 Å². The number of para-hydroxylation sites is 1. The van der Waals surface area contributed by atoms with Gasteiger partial charge in [-0.3, -0.25) is 4.98 Å². The monoisotopic (exact) mass is 299 g/mol. The highest BCUT2D eigenvalue weighted by Gasteiger charge is 2.05. The fourth-order valence-electron chi connectivity index (χ4n) is 2.03. The van der Waals surface area contributed by atoms with Crippen molar-refractivity contribution < 1.29 is 4.74 Å². The lowest BCUT2D eigenvalue weighted by atomic mass is 10.2. The van der Waals surface area contributed by atoms with Gasteiger partial charge in [0.05, 0.1) is 4.88 Å². The number of nitrogens with one attached hydrogen (secondary N) is 1. The second-order valence-corrected chi connectivity index (χ2v) is 5.79.